The Bertz CT molecular complexity index is 590. The zero-order valence-electron chi connectivity index (χ0n) is 12.5. The molecule has 2 rings (SSSR count). The summed E-state index contributed by atoms with van der Waals surface area (Å²) in [6.07, 6.45) is 1.26. The van der Waals surface area contributed by atoms with E-state index in [1.807, 2.05) is 13.8 Å². The van der Waals surface area contributed by atoms with Crippen molar-refractivity contribution in [3.8, 4) is 0 Å². The van der Waals surface area contributed by atoms with Gasteiger partial charge in [-0.25, -0.2) is 13.8 Å². The van der Waals surface area contributed by atoms with Crippen molar-refractivity contribution in [2.45, 2.75) is 39.7 Å². The molecular formula is C16H20F2N2S. The Morgan fingerprint density at radius 3 is 2.43 bits per heavy atom. The van der Waals surface area contributed by atoms with Crippen molar-refractivity contribution in [2.24, 2.45) is 0 Å². The molecule has 0 spiro atoms. The summed E-state index contributed by atoms with van der Waals surface area (Å²) in [7, 11) is 0. The van der Waals surface area contributed by atoms with Gasteiger partial charge in [-0.1, -0.05) is 13.0 Å². The van der Waals surface area contributed by atoms with Crippen LogP contribution < -0.4 is 5.32 Å². The number of hydrogen-bond acceptors (Lipinski definition) is 3. The Morgan fingerprint density at radius 1 is 1.24 bits per heavy atom. The van der Waals surface area contributed by atoms with Gasteiger partial charge in [-0.15, -0.1) is 11.3 Å². The van der Waals surface area contributed by atoms with E-state index in [0.29, 0.717) is 6.42 Å². The van der Waals surface area contributed by atoms with Gasteiger partial charge in [0.25, 0.3) is 0 Å². The van der Waals surface area contributed by atoms with E-state index in [-0.39, 0.29) is 11.6 Å². The number of nitrogens with one attached hydrogen (secondary N) is 1. The summed E-state index contributed by atoms with van der Waals surface area (Å²) in [5.41, 5.74) is 1.07. The van der Waals surface area contributed by atoms with Gasteiger partial charge in [0.1, 0.15) is 11.6 Å². The minimum atomic E-state index is -0.489. The molecule has 5 heteroatoms. The van der Waals surface area contributed by atoms with E-state index >= 15 is 0 Å². The van der Waals surface area contributed by atoms with Gasteiger partial charge in [0.05, 0.1) is 10.7 Å². The fourth-order valence-electron chi connectivity index (χ4n) is 2.38. The molecule has 1 unspecified atom stereocenters. The van der Waals surface area contributed by atoms with Crippen molar-refractivity contribution in [1.29, 1.82) is 0 Å². The number of benzene rings is 1. The lowest BCUT2D eigenvalue weighted by Gasteiger charge is -2.18. The van der Waals surface area contributed by atoms with Crippen molar-refractivity contribution in [3.63, 3.8) is 0 Å². The van der Waals surface area contributed by atoms with Crippen LogP contribution in [0.2, 0.25) is 0 Å². The Balaban J connectivity index is 2.30. The third-order valence-corrected chi connectivity index (χ3v) is 4.55. The first-order chi connectivity index (χ1) is 10.0. The van der Waals surface area contributed by atoms with Crippen LogP contribution in [0.15, 0.2) is 18.2 Å². The molecule has 0 radical (unpaired) electrons. The number of aryl methyl sites for hydroxylation is 2. The number of nitrogens with zero attached hydrogens (tertiary/aromatic N) is 1. The number of halogens is 2. The molecule has 0 aliphatic carbocycles. The van der Waals surface area contributed by atoms with Crippen molar-refractivity contribution in [1.82, 2.24) is 10.3 Å². The smallest absolute Gasteiger partial charge is 0.129 e. The van der Waals surface area contributed by atoms with Crippen LogP contribution in [0.25, 0.3) is 0 Å². The van der Waals surface area contributed by atoms with Crippen LogP contribution in [-0.2, 0) is 6.42 Å². The third kappa shape index (κ3) is 3.86. The number of hydrogen-bond donors (Lipinski definition) is 1. The van der Waals surface area contributed by atoms with Gasteiger partial charge in [0.2, 0.25) is 0 Å². The monoisotopic (exact) mass is 310 g/mol. The maximum Gasteiger partial charge on any atom is 0.129 e. The molecule has 1 aromatic carbocycles. The van der Waals surface area contributed by atoms with Gasteiger partial charge in [0, 0.05) is 16.5 Å². The standard InChI is InChI=1S/C16H20F2N2S/c1-4-8-19-15(16-10(2)20-11(3)21-16)9-12-13(17)6-5-7-14(12)18/h5-7,15,19H,4,8-9H2,1-3H3. The quantitative estimate of drug-likeness (QED) is 0.859. The molecule has 114 valence electrons. The summed E-state index contributed by atoms with van der Waals surface area (Å²) in [4.78, 5) is 5.48. The summed E-state index contributed by atoms with van der Waals surface area (Å²) in [5.74, 6) is -0.977. The van der Waals surface area contributed by atoms with Gasteiger partial charge < -0.3 is 5.32 Å². The van der Waals surface area contributed by atoms with Crippen LogP contribution in [0.1, 0.15) is 40.5 Å². The zero-order valence-corrected chi connectivity index (χ0v) is 13.4. The SMILES string of the molecule is CCCNC(Cc1c(F)cccc1F)c1sc(C)nc1C. The van der Waals surface area contributed by atoms with Crippen molar-refractivity contribution < 1.29 is 8.78 Å². The summed E-state index contributed by atoms with van der Waals surface area (Å²) in [6.45, 7) is 6.76. The second-order valence-corrected chi connectivity index (χ2v) is 6.33. The molecule has 0 aliphatic heterocycles. The molecule has 0 bridgehead atoms. The van der Waals surface area contributed by atoms with E-state index in [1.165, 1.54) is 18.2 Å². The van der Waals surface area contributed by atoms with Crippen molar-refractivity contribution in [3.05, 3.63) is 51.0 Å². The van der Waals surface area contributed by atoms with Crippen LogP contribution >= 0.6 is 11.3 Å². The average Bonchev–Trinajstić information content (AvgIpc) is 2.76. The van der Waals surface area contributed by atoms with E-state index < -0.39 is 11.6 Å². The van der Waals surface area contributed by atoms with Crippen molar-refractivity contribution >= 4 is 11.3 Å². The highest BCUT2D eigenvalue weighted by molar-refractivity contribution is 7.11. The van der Waals surface area contributed by atoms with E-state index in [1.54, 1.807) is 11.3 Å². The first kappa shape index (κ1) is 16.0. The van der Waals surface area contributed by atoms with Gasteiger partial charge in [-0.2, -0.15) is 0 Å². The number of aromatic nitrogens is 1. The van der Waals surface area contributed by atoms with Crippen LogP contribution in [0.4, 0.5) is 8.78 Å². The van der Waals surface area contributed by atoms with E-state index in [0.717, 1.165) is 28.5 Å². The van der Waals surface area contributed by atoms with Crippen LogP contribution in [0, 0.1) is 25.5 Å². The van der Waals surface area contributed by atoms with Crippen LogP contribution in [0.5, 0.6) is 0 Å². The molecule has 0 saturated heterocycles. The molecule has 1 atom stereocenters. The number of rotatable bonds is 6. The van der Waals surface area contributed by atoms with Crippen molar-refractivity contribution in [2.75, 3.05) is 6.54 Å². The maximum absolute atomic E-state index is 13.9. The predicted octanol–water partition coefficient (Wildman–Crippen LogP) is 4.32. The molecule has 0 amide bonds. The van der Waals surface area contributed by atoms with Gasteiger partial charge in [-0.3, -0.25) is 0 Å². The lowest BCUT2D eigenvalue weighted by atomic mass is 10.0. The molecule has 1 heterocycles. The van der Waals surface area contributed by atoms with Gasteiger partial charge in [0.15, 0.2) is 0 Å². The Hall–Kier alpha value is -1.33. The molecule has 2 aromatic rings. The minimum Gasteiger partial charge on any atom is -0.309 e. The predicted molar refractivity (Wildman–Crippen MR) is 82.7 cm³/mol. The summed E-state index contributed by atoms with van der Waals surface area (Å²) in [6, 6.07) is 3.90. The molecule has 1 aromatic heterocycles. The van der Waals surface area contributed by atoms with E-state index in [4.69, 9.17) is 0 Å². The average molecular weight is 310 g/mol. The lowest BCUT2D eigenvalue weighted by Crippen LogP contribution is -2.24. The van der Waals surface area contributed by atoms with Gasteiger partial charge in [-0.05, 0) is 45.4 Å². The summed E-state index contributed by atoms with van der Waals surface area (Å²) in [5, 5.41) is 4.35. The topological polar surface area (TPSA) is 24.9 Å². The molecule has 21 heavy (non-hydrogen) atoms. The molecule has 1 N–H and O–H groups in total. The number of thiazole rings is 1. The van der Waals surface area contributed by atoms with E-state index in [9.17, 15) is 8.78 Å². The fraction of sp³-hybridized carbons (Fsp3) is 0.438. The summed E-state index contributed by atoms with van der Waals surface area (Å²) >= 11 is 1.59. The second-order valence-electron chi connectivity index (χ2n) is 5.09. The summed E-state index contributed by atoms with van der Waals surface area (Å²) < 4.78 is 27.7. The maximum atomic E-state index is 13.9. The molecule has 0 aliphatic rings. The molecule has 0 fully saturated rings. The highest BCUT2D eigenvalue weighted by Crippen LogP contribution is 2.29. The van der Waals surface area contributed by atoms with Gasteiger partial charge >= 0.3 is 0 Å². The Morgan fingerprint density at radius 2 is 1.90 bits per heavy atom. The first-order valence-electron chi connectivity index (χ1n) is 7.13. The zero-order chi connectivity index (χ0) is 15.4. The van der Waals surface area contributed by atoms with E-state index in [2.05, 4.69) is 17.2 Å². The highest BCUT2D eigenvalue weighted by Gasteiger charge is 2.21. The highest BCUT2D eigenvalue weighted by atomic mass is 32.1. The largest absolute Gasteiger partial charge is 0.309 e. The third-order valence-electron chi connectivity index (χ3n) is 3.37. The van der Waals surface area contributed by atoms with Crippen LogP contribution in [0.3, 0.4) is 0 Å². The second kappa shape index (κ2) is 7.09. The first-order valence-corrected chi connectivity index (χ1v) is 7.94. The Kier molecular flexibility index (Phi) is 5.42. The lowest BCUT2D eigenvalue weighted by molar-refractivity contribution is 0.493. The Labute approximate surface area is 128 Å². The van der Waals surface area contributed by atoms with Crippen LogP contribution in [-0.4, -0.2) is 11.5 Å². The fourth-order valence-corrected chi connectivity index (χ4v) is 3.38. The molecule has 2 nitrogen and oxygen atoms in total. The molecule has 0 saturated carbocycles. The normalized spacial score (nSPS) is 12.6. The molecular weight excluding hydrogens is 290 g/mol. The minimum absolute atomic E-state index is 0.109.